The molecule has 2 heterocycles. The second-order valence-electron chi connectivity index (χ2n) is 4.44. The monoisotopic (exact) mass is 330 g/mol. The number of rotatable bonds is 2. The molecular formula is C10H10F4N2O4S. The molecule has 1 saturated heterocycles. The molecule has 0 spiro atoms. The quantitative estimate of drug-likeness (QED) is 0.541. The molecule has 1 aliphatic rings. The molecule has 118 valence electrons. The molecule has 11 heteroatoms. The Morgan fingerprint density at radius 2 is 2.14 bits per heavy atom. The molecule has 21 heavy (non-hydrogen) atoms. The highest BCUT2D eigenvalue weighted by atomic mass is 32.1. The van der Waals surface area contributed by atoms with Crippen molar-refractivity contribution >= 4 is 12.2 Å². The second-order valence-corrected chi connectivity index (χ2v) is 4.88. The van der Waals surface area contributed by atoms with Gasteiger partial charge < -0.3 is 14.9 Å². The second kappa shape index (κ2) is 5.16. The van der Waals surface area contributed by atoms with Crippen molar-refractivity contribution < 1.29 is 32.5 Å². The van der Waals surface area contributed by atoms with Crippen LogP contribution in [0, 0.1) is 4.64 Å². The standard InChI is InChI=1S/C10H10F4N2O4S/c11-9(10(12,13)14)6(18)4(3-17)20-7(9)16-2-1-5(21)15-8(16)19/h1-2,4,6-7,17-18H,3H2,(H,15,19,21)/t4-,6+,7-,9?/m1/s1. The molecule has 1 aromatic rings. The average Bonchev–Trinajstić information content (AvgIpc) is 2.63. The van der Waals surface area contributed by atoms with E-state index in [9.17, 15) is 27.5 Å². The van der Waals surface area contributed by atoms with E-state index in [-0.39, 0.29) is 4.64 Å². The third-order valence-electron chi connectivity index (χ3n) is 3.16. The molecule has 0 radical (unpaired) electrons. The fourth-order valence-electron chi connectivity index (χ4n) is 2.09. The van der Waals surface area contributed by atoms with Crippen LogP contribution in [0.2, 0.25) is 0 Å². The Labute approximate surface area is 119 Å². The summed E-state index contributed by atoms with van der Waals surface area (Å²) in [5.74, 6) is 0. The number of aliphatic hydroxyl groups excluding tert-OH is 2. The van der Waals surface area contributed by atoms with E-state index in [4.69, 9.17) is 5.11 Å². The van der Waals surface area contributed by atoms with E-state index in [0.29, 0.717) is 4.57 Å². The van der Waals surface area contributed by atoms with Crippen LogP contribution in [-0.2, 0) is 4.74 Å². The van der Waals surface area contributed by atoms with Crippen LogP contribution in [0.3, 0.4) is 0 Å². The van der Waals surface area contributed by atoms with E-state index < -0.39 is 42.6 Å². The first kappa shape index (κ1) is 16.1. The minimum atomic E-state index is -5.52. The maximum absolute atomic E-state index is 14.5. The smallest absolute Gasteiger partial charge is 0.394 e. The van der Waals surface area contributed by atoms with Gasteiger partial charge in [-0.05, 0) is 6.07 Å². The number of nitrogens with one attached hydrogen (secondary N) is 1. The summed E-state index contributed by atoms with van der Waals surface area (Å²) in [5, 5.41) is 18.4. The fraction of sp³-hybridized carbons (Fsp3) is 0.600. The summed E-state index contributed by atoms with van der Waals surface area (Å²) in [5.41, 5.74) is -5.38. The van der Waals surface area contributed by atoms with Crippen molar-refractivity contribution in [3.63, 3.8) is 0 Å². The van der Waals surface area contributed by atoms with Crippen molar-refractivity contribution in [2.75, 3.05) is 6.61 Å². The first-order valence-electron chi connectivity index (χ1n) is 5.64. The van der Waals surface area contributed by atoms with Crippen molar-refractivity contribution in [2.45, 2.75) is 30.3 Å². The summed E-state index contributed by atoms with van der Waals surface area (Å²) in [6, 6.07) is 1.07. The Morgan fingerprint density at radius 3 is 2.62 bits per heavy atom. The number of nitrogens with zero attached hydrogens (tertiary/aromatic N) is 1. The van der Waals surface area contributed by atoms with Gasteiger partial charge in [-0.15, -0.1) is 0 Å². The molecule has 1 unspecified atom stereocenters. The summed E-state index contributed by atoms with van der Waals surface area (Å²) in [4.78, 5) is 13.6. The lowest BCUT2D eigenvalue weighted by molar-refractivity contribution is -0.274. The minimum Gasteiger partial charge on any atom is -0.394 e. The van der Waals surface area contributed by atoms with Gasteiger partial charge in [-0.25, -0.2) is 9.18 Å². The SMILES string of the molecule is O=c1[nH]c(=S)ccn1[C@@H]1O[C@H](CO)[C@H](O)C1(F)C(F)(F)F. The van der Waals surface area contributed by atoms with Crippen molar-refractivity contribution in [1.29, 1.82) is 0 Å². The topological polar surface area (TPSA) is 87.5 Å². The lowest BCUT2D eigenvalue weighted by atomic mass is 9.95. The highest BCUT2D eigenvalue weighted by Gasteiger charge is 2.72. The first-order valence-corrected chi connectivity index (χ1v) is 6.05. The van der Waals surface area contributed by atoms with Gasteiger partial charge in [0.25, 0.3) is 5.67 Å². The largest absolute Gasteiger partial charge is 0.429 e. The van der Waals surface area contributed by atoms with Gasteiger partial charge in [0.2, 0.25) is 0 Å². The predicted molar refractivity (Wildman–Crippen MR) is 62.8 cm³/mol. The molecular weight excluding hydrogens is 320 g/mol. The maximum Gasteiger partial charge on any atom is 0.429 e. The normalized spacial score (nSPS) is 33.3. The molecule has 6 nitrogen and oxygen atoms in total. The van der Waals surface area contributed by atoms with Crippen LogP contribution in [0.15, 0.2) is 17.1 Å². The molecule has 4 atom stereocenters. The Bertz CT molecular complexity index is 645. The van der Waals surface area contributed by atoms with Crippen LogP contribution in [0.1, 0.15) is 6.23 Å². The van der Waals surface area contributed by atoms with Crippen molar-refractivity contribution in [1.82, 2.24) is 9.55 Å². The Kier molecular flexibility index (Phi) is 3.95. The predicted octanol–water partition coefficient (Wildman–Crippen LogP) is 0.427. The molecule has 1 aromatic heterocycles. The number of hydrogen-bond acceptors (Lipinski definition) is 5. The van der Waals surface area contributed by atoms with Gasteiger partial charge in [0, 0.05) is 6.20 Å². The van der Waals surface area contributed by atoms with Gasteiger partial charge in [0.15, 0.2) is 6.23 Å². The van der Waals surface area contributed by atoms with Crippen molar-refractivity contribution in [3.8, 4) is 0 Å². The minimum absolute atomic E-state index is 0.0648. The molecule has 0 amide bonds. The van der Waals surface area contributed by atoms with Crippen LogP contribution >= 0.6 is 12.2 Å². The van der Waals surface area contributed by atoms with Gasteiger partial charge in [0.1, 0.15) is 16.8 Å². The van der Waals surface area contributed by atoms with Crippen LogP contribution in [0.25, 0.3) is 0 Å². The molecule has 1 aliphatic heterocycles. The third kappa shape index (κ3) is 2.39. The van der Waals surface area contributed by atoms with Gasteiger partial charge >= 0.3 is 11.9 Å². The van der Waals surface area contributed by atoms with Crippen molar-refractivity contribution in [3.05, 3.63) is 27.4 Å². The number of aromatic nitrogens is 2. The molecule has 0 bridgehead atoms. The number of alkyl halides is 4. The van der Waals surface area contributed by atoms with E-state index >= 15 is 0 Å². The van der Waals surface area contributed by atoms with Crippen LogP contribution in [-0.4, -0.2) is 50.4 Å². The Hall–Kier alpha value is -1.30. The van der Waals surface area contributed by atoms with Gasteiger partial charge in [-0.2, -0.15) is 13.2 Å². The van der Waals surface area contributed by atoms with Crippen molar-refractivity contribution in [2.24, 2.45) is 0 Å². The molecule has 0 aromatic carbocycles. The first-order chi connectivity index (χ1) is 9.62. The summed E-state index contributed by atoms with van der Waals surface area (Å²) in [7, 11) is 0. The van der Waals surface area contributed by atoms with E-state index in [1.807, 2.05) is 4.98 Å². The molecule has 2 rings (SSSR count). The summed E-state index contributed by atoms with van der Waals surface area (Å²) in [6.07, 6.45) is -11.7. The zero-order valence-corrected chi connectivity index (χ0v) is 11.0. The van der Waals surface area contributed by atoms with E-state index in [0.717, 1.165) is 12.3 Å². The molecule has 3 N–H and O–H groups in total. The average molecular weight is 330 g/mol. The number of aliphatic hydroxyl groups is 2. The highest BCUT2D eigenvalue weighted by molar-refractivity contribution is 7.71. The van der Waals surface area contributed by atoms with Crippen LogP contribution in [0.5, 0.6) is 0 Å². The van der Waals surface area contributed by atoms with Crippen LogP contribution < -0.4 is 5.69 Å². The number of ether oxygens (including phenoxy) is 1. The highest BCUT2D eigenvalue weighted by Crippen LogP contribution is 2.50. The van der Waals surface area contributed by atoms with Gasteiger partial charge in [-0.1, -0.05) is 12.2 Å². The lowest BCUT2D eigenvalue weighted by Crippen LogP contribution is -2.55. The fourth-order valence-corrected chi connectivity index (χ4v) is 2.23. The van der Waals surface area contributed by atoms with E-state index in [2.05, 4.69) is 17.0 Å². The summed E-state index contributed by atoms with van der Waals surface area (Å²) < 4.78 is 58.4. The molecule has 0 saturated carbocycles. The lowest BCUT2D eigenvalue weighted by Gasteiger charge is -2.30. The number of H-pyrrole nitrogens is 1. The Morgan fingerprint density at radius 1 is 1.52 bits per heavy atom. The Balaban J connectivity index is 2.60. The van der Waals surface area contributed by atoms with Crippen LogP contribution in [0.4, 0.5) is 17.6 Å². The summed E-state index contributed by atoms with van der Waals surface area (Å²) >= 11 is 4.62. The zero-order chi connectivity index (χ0) is 16.0. The third-order valence-corrected chi connectivity index (χ3v) is 3.40. The summed E-state index contributed by atoms with van der Waals surface area (Å²) in [6.45, 7) is -1.04. The van der Waals surface area contributed by atoms with Gasteiger partial charge in [-0.3, -0.25) is 9.55 Å². The zero-order valence-electron chi connectivity index (χ0n) is 10.2. The number of aromatic amines is 1. The number of halogens is 4. The maximum atomic E-state index is 14.5. The van der Waals surface area contributed by atoms with Gasteiger partial charge in [0.05, 0.1) is 6.61 Å². The molecule has 1 fully saturated rings. The van der Waals surface area contributed by atoms with E-state index in [1.165, 1.54) is 0 Å². The molecule has 0 aliphatic carbocycles. The van der Waals surface area contributed by atoms with E-state index in [1.54, 1.807) is 0 Å². The number of hydrogen-bond donors (Lipinski definition) is 3.